The van der Waals surface area contributed by atoms with Crippen LogP contribution in [0.4, 0.5) is 11.5 Å². The van der Waals surface area contributed by atoms with Gasteiger partial charge < -0.3 is 10.6 Å². The first-order valence-corrected chi connectivity index (χ1v) is 7.67. The van der Waals surface area contributed by atoms with Crippen molar-refractivity contribution in [3.05, 3.63) is 65.2 Å². The maximum atomic E-state index is 9.53. The monoisotopic (exact) mass is 300 g/mol. The summed E-state index contributed by atoms with van der Waals surface area (Å²) in [6, 6.07) is 18.2. The summed E-state index contributed by atoms with van der Waals surface area (Å²) < 4.78 is 0. The second-order valence-electron chi connectivity index (χ2n) is 5.86. The van der Waals surface area contributed by atoms with Crippen LogP contribution in [0.25, 0.3) is 10.9 Å². The summed E-state index contributed by atoms with van der Waals surface area (Å²) >= 11 is 0. The molecule has 1 aliphatic rings. The van der Waals surface area contributed by atoms with Gasteiger partial charge in [-0.25, -0.2) is 4.98 Å². The molecule has 4 nitrogen and oxygen atoms in total. The van der Waals surface area contributed by atoms with E-state index < -0.39 is 0 Å². The number of nitrogen functional groups attached to an aromatic ring is 1. The SMILES string of the molecule is N#Cc1cc2cc(N)ccc2nc1N1CCc2ccccc2C1. The van der Waals surface area contributed by atoms with E-state index in [1.807, 2.05) is 24.3 Å². The fourth-order valence-electron chi connectivity index (χ4n) is 3.18. The molecule has 0 spiro atoms. The van der Waals surface area contributed by atoms with Crippen molar-refractivity contribution < 1.29 is 0 Å². The Hall–Kier alpha value is -3.06. The lowest BCUT2D eigenvalue weighted by molar-refractivity contribution is 0.721. The number of fused-ring (bicyclic) bond motifs is 2. The zero-order chi connectivity index (χ0) is 15.8. The van der Waals surface area contributed by atoms with Gasteiger partial charge in [0.15, 0.2) is 0 Å². The minimum atomic E-state index is 0.600. The summed E-state index contributed by atoms with van der Waals surface area (Å²) in [4.78, 5) is 6.92. The average Bonchev–Trinajstić information content (AvgIpc) is 2.60. The van der Waals surface area contributed by atoms with Gasteiger partial charge in [-0.05, 0) is 41.8 Å². The van der Waals surface area contributed by atoms with Gasteiger partial charge in [0.05, 0.1) is 11.1 Å². The summed E-state index contributed by atoms with van der Waals surface area (Å²) in [6.45, 7) is 1.66. The molecule has 2 heterocycles. The molecule has 2 N–H and O–H groups in total. The zero-order valence-corrected chi connectivity index (χ0v) is 12.7. The number of hydrogen-bond acceptors (Lipinski definition) is 4. The van der Waals surface area contributed by atoms with E-state index in [0.29, 0.717) is 11.3 Å². The van der Waals surface area contributed by atoms with Gasteiger partial charge in [-0.15, -0.1) is 0 Å². The molecule has 112 valence electrons. The molecule has 0 saturated carbocycles. The molecule has 0 unspecified atom stereocenters. The third-order valence-corrected chi connectivity index (χ3v) is 4.37. The third kappa shape index (κ3) is 2.36. The Morgan fingerprint density at radius 2 is 1.91 bits per heavy atom. The lowest BCUT2D eigenvalue weighted by atomic mass is 9.99. The molecular weight excluding hydrogens is 284 g/mol. The molecule has 0 radical (unpaired) electrons. The molecule has 0 bridgehead atoms. The van der Waals surface area contributed by atoms with Crippen LogP contribution in [0.2, 0.25) is 0 Å². The Bertz CT molecular complexity index is 940. The molecule has 2 aromatic carbocycles. The Labute approximate surface area is 134 Å². The number of hydrogen-bond donors (Lipinski definition) is 1. The minimum absolute atomic E-state index is 0.600. The Balaban J connectivity index is 1.80. The van der Waals surface area contributed by atoms with Gasteiger partial charge in [0, 0.05) is 24.2 Å². The number of anilines is 2. The summed E-state index contributed by atoms with van der Waals surface area (Å²) in [6.07, 6.45) is 0.975. The van der Waals surface area contributed by atoms with Crippen LogP contribution in [0.15, 0.2) is 48.5 Å². The first-order chi connectivity index (χ1) is 11.2. The molecule has 0 atom stereocenters. The molecule has 0 aliphatic carbocycles. The molecule has 0 fully saturated rings. The highest BCUT2D eigenvalue weighted by Gasteiger charge is 2.20. The topological polar surface area (TPSA) is 65.9 Å². The standard InChI is InChI=1S/C19H16N4/c20-11-16-9-15-10-17(21)5-6-18(15)22-19(16)23-8-7-13-3-1-2-4-14(13)12-23/h1-6,9-10H,7-8,12,21H2. The van der Waals surface area contributed by atoms with Crippen molar-refractivity contribution in [3.8, 4) is 6.07 Å². The average molecular weight is 300 g/mol. The van der Waals surface area contributed by atoms with E-state index in [-0.39, 0.29) is 0 Å². The van der Waals surface area contributed by atoms with E-state index in [1.54, 1.807) is 0 Å². The molecule has 0 saturated heterocycles. The van der Waals surface area contributed by atoms with E-state index in [2.05, 4.69) is 35.2 Å². The number of rotatable bonds is 1. The zero-order valence-electron chi connectivity index (χ0n) is 12.7. The summed E-state index contributed by atoms with van der Waals surface area (Å²) in [7, 11) is 0. The van der Waals surface area contributed by atoms with E-state index in [0.717, 1.165) is 36.2 Å². The Morgan fingerprint density at radius 1 is 1.09 bits per heavy atom. The molecule has 23 heavy (non-hydrogen) atoms. The van der Waals surface area contributed by atoms with E-state index in [1.165, 1.54) is 11.1 Å². The van der Waals surface area contributed by atoms with Crippen molar-refractivity contribution in [2.24, 2.45) is 0 Å². The van der Waals surface area contributed by atoms with Gasteiger partial charge in [-0.3, -0.25) is 0 Å². The van der Waals surface area contributed by atoms with Gasteiger partial charge >= 0.3 is 0 Å². The second kappa shape index (κ2) is 5.29. The van der Waals surface area contributed by atoms with Crippen LogP contribution in [0, 0.1) is 11.3 Å². The van der Waals surface area contributed by atoms with E-state index >= 15 is 0 Å². The maximum absolute atomic E-state index is 9.53. The van der Waals surface area contributed by atoms with Crippen LogP contribution < -0.4 is 10.6 Å². The lowest BCUT2D eigenvalue weighted by Crippen LogP contribution is -2.31. The molecule has 4 rings (SSSR count). The van der Waals surface area contributed by atoms with Gasteiger partial charge in [0.1, 0.15) is 11.9 Å². The number of nitrogens with two attached hydrogens (primary N) is 1. The first kappa shape index (κ1) is 13.6. The third-order valence-electron chi connectivity index (χ3n) is 4.37. The largest absolute Gasteiger partial charge is 0.399 e. The van der Waals surface area contributed by atoms with Crippen LogP contribution in [0.3, 0.4) is 0 Å². The van der Waals surface area contributed by atoms with Crippen molar-refractivity contribution in [1.29, 1.82) is 5.26 Å². The number of aromatic nitrogens is 1. The predicted octanol–water partition coefficient (Wildman–Crippen LogP) is 3.25. The van der Waals surface area contributed by atoms with Crippen molar-refractivity contribution >= 4 is 22.4 Å². The molecule has 1 aliphatic heterocycles. The van der Waals surface area contributed by atoms with Gasteiger partial charge in [0.25, 0.3) is 0 Å². The van der Waals surface area contributed by atoms with Crippen molar-refractivity contribution in [1.82, 2.24) is 4.98 Å². The van der Waals surface area contributed by atoms with Gasteiger partial charge in [-0.2, -0.15) is 5.26 Å². The Kier molecular flexibility index (Phi) is 3.13. The fraction of sp³-hybridized carbons (Fsp3) is 0.158. The maximum Gasteiger partial charge on any atom is 0.147 e. The lowest BCUT2D eigenvalue weighted by Gasteiger charge is -2.30. The van der Waals surface area contributed by atoms with E-state index in [4.69, 9.17) is 10.7 Å². The quantitative estimate of drug-likeness (QED) is 0.701. The molecule has 4 heteroatoms. The van der Waals surface area contributed by atoms with E-state index in [9.17, 15) is 5.26 Å². The predicted molar refractivity (Wildman–Crippen MR) is 92.1 cm³/mol. The summed E-state index contributed by atoms with van der Waals surface area (Å²) in [5.41, 5.74) is 10.7. The second-order valence-corrected chi connectivity index (χ2v) is 5.86. The van der Waals surface area contributed by atoms with Crippen LogP contribution in [0.1, 0.15) is 16.7 Å². The molecule has 1 aromatic heterocycles. The first-order valence-electron chi connectivity index (χ1n) is 7.67. The number of benzene rings is 2. The molecule has 3 aromatic rings. The van der Waals surface area contributed by atoms with Crippen LogP contribution in [-0.4, -0.2) is 11.5 Å². The Morgan fingerprint density at radius 3 is 2.74 bits per heavy atom. The fourth-order valence-corrected chi connectivity index (χ4v) is 3.18. The van der Waals surface area contributed by atoms with Crippen LogP contribution >= 0.6 is 0 Å². The van der Waals surface area contributed by atoms with Crippen molar-refractivity contribution in [3.63, 3.8) is 0 Å². The van der Waals surface area contributed by atoms with Crippen molar-refractivity contribution in [2.45, 2.75) is 13.0 Å². The number of pyridine rings is 1. The summed E-state index contributed by atoms with van der Waals surface area (Å²) in [5, 5.41) is 10.4. The van der Waals surface area contributed by atoms with Gasteiger partial charge in [0.2, 0.25) is 0 Å². The summed E-state index contributed by atoms with van der Waals surface area (Å²) in [5.74, 6) is 0.763. The number of nitriles is 1. The van der Waals surface area contributed by atoms with Crippen molar-refractivity contribution in [2.75, 3.05) is 17.2 Å². The number of nitrogens with zero attached hydrogens (tertiary/aromatic N) is 3. The highest BCUT2D eigenvalue weighted by atomic mass is 15.2. The highest BCUT2D eigenvalue weighted by Crippen LogP contribution is 2.28. The van der Waals surface area contributed by atoms with Crippen LogP contribution in [-0.2, 0) is 13.0 Å². The molecule has 0 amide bonds. The normalized spacial score (nSPS) is 13.6. The minimum Gasteiger partial charge on any atom is -0.399 e. The van der Waals surface area contributed by atoms with Crippen LogP contribution in [0.5, 0.6) is 0 Å². The highest BCUT2D eigenvalue weighted by molar-refractivity contribution is 5.85. The smallest absolute Gasteiger partial charge is 0.147 e. The van der Waals surface area contributed by atoms with Gasteiger partial charge in [-0.1, -0.05) is 24.3 Å². The molecular formula is C19H16N4.